The zero-order chi connectivity index (χ0) is 13.4. The van der Waals surface area contributed by atoms with Gasteiger partial charge in [0, 0.05) is 17.1 Å². The van der Waals surface area contributed by atoms with Crippen LogP contribution in [0.15, 0.2) is 5.38 Å². The molecule has 0 amide bonds. The third kappa shape index (κ3) is 2.31. The highest BCUT2D eigenvalue weighted by Crippen LogP contribution is 2.33. The van der Waals surface area contributed by atoms with Gasteiger partial charge in [-0.2, -0.15) is 0 Å². The molecule has 1 aromatic rings. The van der Waals surface area contributed by atoms with Gasteiger partial charge >= 0.3 is 0 Å². The van der Waals surface area contributed by atoms with Crippen LogP contribution in [0.25, 0.3) is 0 Å². The summed E-state index contributed by atoms with van der Waals surface area (Å²) in [6, 6.07) is 0.399. The van der Waals surface area contributed by atoms with Crippen molar-refractivity contribution in [2.24, 2.45) is 0 Å². The number of likely N-dealkylation sites (tertiary alicyclic amines) is 1. The van der Waals surface area contributed by atoms with E-state index in [9.17, 15) is 4.79 Å². The van der Waals surface area contributed by atoms with Crippen molar-refractivity contribution in [1.82, 2.24) is 9.88 Å². The Morgan fingerprint density at radius 2 is 2.11 bits per heavy atom. The van der Waals surface area contributed by atoms with E-state index in [0.717, 1.165) is 23.5 Å². The SMILES string of the molecule is Cc1csc(C2C(=N)N(C3CCCCC3)CC2=O)n1. The number of ketones is 1. The Hall–Kier alpha value is -1.23. The second-order valence-corrected chi connectivity index (χ2v) is 6.42. The normalized spacial score (nSPS) is 25.3. The van der Waals surface area contributed by atoms with Crippen LogP contribution in [0.5, 0.6) is 0 Å². The Bertz CT molecular complexity index is 505. The number of hydrogen-bond acceptors (Lipinski definition) is 4. The van der Waals surface area contributed by atoms with Crippen molar-refractivity contribution in [3.8, 4) is 0 Å². The Morgan fingerprint density at radius 1 is 1.37 bits per heavy atom. The number of amidine groups is 1. The zero-order valence-electron chi connectivity index (χ0n) is 11.2. The molecular weight excluding hydrogens is 258 g/mol. The van der Waals surface area contributed by atoms with Crippen molar-refractivity contribution < 1.29 is 4.79 Å². The van der Waals surface area contributed by atoms with Gasteiger partial charge in [-0.3, -0.25) is 10.2 Å². The Labute approximate surface area is 117 Å². The van der Waals surface area contributed by atoms with E-state index in [0.29, 0.717) is 18.4 Å². The molecular formula is C14H19N3OS. The maximum atomic E-state index is 12.2. The van der Waals surface area contributed by atoms with Crippen molar-refractivity contribution in [2.45, 2.75) is 51.0 Å². The van der Waals surface area contributed by atoms with Gasteiger partial charge in [0.15, 0.2) is 5.78 Å². The third-order valence-electron chi connectivity index (χ3n) is 4.13. The molecule has 2 aliphatic rings. The average molecular weight is 277 g/mol. The van der Waals surface area contributed by atoms with Crippen LogP contribution in [0, 0.1) is 12.3 Å². The maximum Gasteiger partial charge on any atom is 0.169 e. The first-order valence-corrected chi connectivity index (χ1v) is 7.84. The molecule has 1 N–H and O–H groups in total. The molecule has 0 spiro atoms. The predicted octanol–water partition coefficient (Wildman–Crippen LogP) is 2.73. The maximum absolute atomic E-state index is 12.2. The highest BCUT2D eigenvalue weighted by molar-refractivity contribution is 7.10. The van der Waals surface area contributed by atoms with E-state index in [4.69, 9.17) is 5.41 Å². The van der Waals surface area contributed by atoms with Crippen LogP contribution in [0.2, 0.25) is 0 Å². The summed E-state index contributed by atoms with van der Waals surface area (Å²) in [4.78, 5) is 18.7. The van der Waals surface area contributed by atoms with E-state index in [2.05, 4.69) is 4.98 Å². The second-order valence-electron chi connectivity index (χ2n) is 5.53. The van der Waals surface area contributed by atoms with Gasteiger partial charge in [0.25, 0.3) is 0 Å². The van der Waals surface area contributed by atoms with Crippen molar-refractivity contribution in [3.63, 3.8) is 0 Å². The van der Waals surface area contributed by atoms with Gasteiger partial charge in [-0.15, -0.1) is 11.3 Å². The summed E-state index contributed by atoms with van der Waals surface area (Å²) >= 11 is 1.50. The standard InChI is InChI=1S/C14H19N3OS/c1-9-8-19-14(16-9)12-11(18)7-17(13(12)15)10-5-3-2-4-6-10/h8,10,12,15H,2-7H2,1H3. The molecule has 19 heavy (non-hydrogen) atoms. The molecule has 4 nitrogen and oxygen atoms in total. The van der Waals surface area contributed by atoms with Gasteiger partial charge < -0.3 is 4.90 Å². The number of aryl methyl sites for hydroxylation is 1. The molecule has 1 aliphatic carbocycles. The lowest BCUT2D eigenvalue weighted by Gasteiger charge is -2.32. The number of aromatic nitrogens is 1. The summed E-state index contributed by atoms with van der Waals surface area (Å²) < 4.78 is 0. The van der Waals surface area contributed by atoms with Crippen LogP contribution in [-0.4, -0.2) is 34.1 Å². The molecule has 5 heteroatoms. The van der Waals surface area contributed by atoms with E-state index in [1.807, 2.05) is 17.2 Å². The van der Waals surface area contributed by atoms with Gasteiger partial charge in [-0.05, 0) is 19.8 Å². The minimum absolute atomic E-state index is 0.143. The number of hydrogen-bond donors (Lipinski definition) is 1. The fourth-order valence-corrected chi connectivity index (χ4v) is 4.06. The molecule has 0 radical (unpaired) electrons. The van der Waals surface area contributed by atoms with E-state index in [-0.39, 0.29) is 5.78 Å². The first kappa shape index (κ1) is 12.8. The Morgan fingerprint density at radius 3 is 2.74 bits per heavy atom. The quantitative estimate of drug-likeness (QED) is 0.904. The number of thiazole rings is 1. The molecule has 3 rings (SSSR count). The van der Waals surface area contributed by atoms with Crippen LogP contribution < -0.4 is 0 Å². The molecule has 2 heterocycles. The third-order valence-corrected chi connectivity index (χ3v) is 5.16. The first-order chi connectivity index (χ1) is 9.16. The highest BCUT2D eigenvalue weighted by Gasteiger charge is 2.41. The largest absolute Gasteiger partial charge is 0.349 e. The summed E-state index contributed by atoms with van der Waals surface area (Å²) in [6.07, 6.45) is 5.99. The van der Waals surface area contributed by atoms with Gasteiger partial charge in [0.1, 0.15) is 16.8 Å². The van der Waals surface area contributed by atoms with Gasteiger partial charge in [0.05, 0.1) is 6.54 Å². The molecule has 1 unspecified atom stereocenters. The topological polar surface area (TPSA) is 57.1 Å². The van der Waals surface area contributed by atoms with Crippen LogP contribution in [-0.2, 0) is 4.79 Å². The molecule has 0 bridgehead atoms. The number of carbonyl (C=O) groups excluding carboxylic acids is 1. The van der Waals surface area contributed by atoms with Crippen molar-refractivity contribution in [3.05, 3.63) is 16.1 Å². The summed E-state index contributed by atoms with van der Waals surface area (Å²) in [5.74, 6) is 0.219. The number of nitrogens with one attached hydrogen (secondary N) is 1. The summed E-state index contributed by atoms with van der Waals surface area (Å²) in [5, 5.41) is 11.1. The monoisotopic (exact) mass is 277 g/mol. The van der Waals surface area contributed by atoms with E-state index in [1.54, 1.807) is 0 Å². The van der Waals surface area contributed by atoms with E-state index < -0.39 is 5.92 Å². The second kappa shape index (κ2) is 5.04. The first-order valence-electron chi connectivity index (χ1n) is 6.96. The summed E-state index contributed by atoms with van der Waals surface area (Å²) in [7, 11) is 0. The van der Waals surface area contributed by atoms with Gasteiger partial charge in [-0.1, -0.05) is 19.3 Å². The minimum atomic E-state index is -0.402. The Kier molecular flexibility index (Phi) is 3.39. The molecule has 0 aromatic carbocycles. The molecule has 1 aliphatic heterocycles. The fourth-order valence-electron chi connectivity index (χ4n) is 3.14. The smallest absolute Gasteiger partial charge is 0.169 e. The van der Waals surface area contributed by atoms with Crippen molar-refractivity contribution in [1.29, 1.82) is 5.41 Å². The lowest BCUT2D eigenvalue weighted by molar-refractivity contribution is -0.118. The van der Waals surface area contributed by atoms with Crippen LogP contribution >= 0.6 is 11.3 Å². The Balaban J connectivity index is 1.80. The van der Waals surface area contributed by atoms with Crippen molar-refractivity contribution >= 4 is 23.0 Å². The van der Waals surface area contributed by atoms with Gasteiger partial charge in [0.2, 0.25) is 0 Å². The number of Topliss-reactive ketones (excluding diaryl/α,β-unsaturated/α-hetero) is 1. The van der Waals surface area contributed by atoms with Crippen LogP contribution in [0.4, 0.5) is 0 Å². The van der Waals surface area contributed by atoms with Crippen molar-refractivity contribution in [2.75, 3.05) is 6.54 Å². The lowest BCUT2D eigenvalue weighted by Crippen LogP contribution is -2.38. The highest BCUT2D eigenvalue weighted by atomic mass is 32.1. The summed E-state index contributed by atoms with van der Waals surface area (Å²) in [6.45, 7) is 2.34. The lowest BCUT2D eigenvalue weighted by atomic mass is 9.94. The van der Waals surface area contributed by atoms with Crippen LogP contribution in [0.3, 0.4) is 0 Å². The molecule has 2 fully saturated rings. The van der Waals surface area contributed by atoms with Crippen LogP contribution in [0.1, 0.15) is 48.7 Å². The molecule has 1 aromatic heterocycles. The molecule has 1 saturated carbocycles. The molecule has 1 saturated heterocycles. The average Bonchev–Trinajstić information content (AvgIpc) is 2.95. The number of nitrogens with zero attached hydrogens (tertiary/aromatic N) is 2. The molecule has 1 atom stereocenters. The zero-order valence-corrected chi connectivity index (χ0v) is 12.0. The van der Waals surface area contributed by atoms with Gasteiger partial charge in [-0.25, -0.2) is 4.98 Å². The van der Waals surface area contributed by atoms with E-state index in [1.165, 1.54) is 30.6 Å². The fraction of sp³-hybridized carbons (Fsp3) is 0.643. The summed E-state index contributed by atoms with van der Waals surface area (Å²) in [5.41, 5.74) is 0.941. The number of rotatable bonds is 2. The van der Waals surface area contributed by atoms with E-state index >= 15 is 0 Å². The minimum Gasteiger partial charge on any atom is -0.349 e. The molecule has 102 valence electrons. The predicted molar refractivity (Wildman–Crippen MR) is 75.9 cm³/mol. The number of carbonyl (C=O) groups is 1.